The van der Waals surface area contributed by atoms with Crippen LogP contribution in [0.15, 0.2) is 36.5 Å². The largest absolute Gasteiger partial charge is 0.351 e. The highest BCUT2D eigenvalue weighted by Gasteiger charge is 2.09. The summed E-state index contributed by atoms with van der Waals surface area (Å²) in [6.07, 6.45) is 4.11. The Hall–Kier alpha value is -1.77. The second-order valence-electron chi connectivity index (χ2n) is 5.01. The van der Waals surface area contributed by atoms with Crippen molar-refractivity contribution in [1.82, 2.24) is 15.0 Å². The third-order valence-electron chi connectivity index (χ3n) is 3.01. The highest BCUT2D eigenvalue weighted by atomic mass is 32.2. The van der Waals surface area contributed by atoms with Crippen LogP contribution in [0.5, 0.6) is 0 Å². The fourth-order valence-electron chi connectivity index (χ4n) is 1.93. The predicted molar refractivity (Wildman–Crippen MR) is 91.1 cm³/mol. The second-order valence-corrected chi connectivity index (χ2v) is 8.01. The molecule has 0 fully saturated rings. The maximum Gasteiger partial charge on any atom is 0.261 e. The number of thiophene rings is 1. The predicted octanol–water partition coefficient (Wildman–Crippen LogP) is 1.21. The quantitative estimate of drug-likeness (QED) is 0.747. The summed E-state index contributed by atoms with van der Waals surface area (Å²) in [4.78, 5) is 17.8. The summed E-state index contributed by atoms with van der Waals surface area (Å²) in [6, 6.07) is 9.30. The van der Waals surface area contributed by atoms with Gasteiger partial charge in [-0.3, -0.25) is 9.78 Å². The van der Waals surface area contributed by atoms with Crippen molar-refractivity contribution in [1.29, 1.82) is 0 Å². The fraction of sp³-hybridized carbons (Fsp3) is 0.333. The van der Waals surface area contributed by atoms with E-state index in [4.69, 9.17) is 0 Å². The zero-order valence-corrected chi connectivity index (χ0v) is 14.4. The summed E-state index contributed by atoms with van der Waals surface area (Å²) in [5, 5.41) is 2.86. The highest BCUT2D eigenvalue weighted by molar-refractivity contribution is 7.88. The standard InChI is InChI=1S/C15H19N3O3S2/c1-23(20,21)18-11-8-13-5-6-14(22-13)15(19)17-10-7-12-4-2-3-9-16-12/h2-6,9,18H,7-8,10-11H2,1H3,(H,17,19). The number of nitrogens with one attached hydrogen (secondary N) is 2. The number of hydrogen-bond donors (Lipinski definition) is 2. The van der Waals surface area contributed by atoms with Crippen molar-refractivity contribution in [2.45, 2.75) is 12.8 Å². The maximum absolute atomic E-state index is 12.0. The molecule has 2 aromatic heterocycles. The molecule has 0 unspecified atom stereocenters. The highest BCUT2D eigenvalue weighted by Crippen LogP contribution is 2.16. The number of amides is 1. The molecule has 0 radical (unpaired) electrons. The van der Waals surface area contributed by atoms with Crippen molar-refractivity contribution in [2.75, 3.05) is 19.3 Å². The van der Waals surface area contributed by atoms with E-state index in [0.29, 0.717) is 30.8 Å². The minimum Gasteiger partial charge on any atom is -0.351 e. The van der Waals surface area contributed by atoms with Crippen LogP contribution in [0, 0.1) is 0 Å². The Morgan fingerprint density at radius 1 is 1.17 bits per heavy atom. The number of pyridine rings is 1. The number of carbonyl (C=O) groups is 1. The first-order valence-corrected chi connectivity index (χ1v) is 9.86. The molecule has 2 rings (SSSR count). The van der Waals surface area contributed by atoms with Crippen molar-refractivity contribution in [3.05, 3.63) is 52.0 Å². The topological polar surface area (TPSA) is 88.2 Å². The molecular weight excluding hydrogens is 334 g/mol. The van der Waals surface area contributed by atoms with Gasteiger partial charge >= 0.3 is 0 Å². The summed E-state index contributed by atoms with van der Waals surface area (Å²) in [6.45, 7) is 0.860. The average molecular weight is 353 g/mol. The number of aromatic nitrogens is 1. The second kappa shape index (κ2) is 8.19. The number of carbonyl (C=O) groups excluding carboxylic acids is 1. The van der Waals surface area contributed by atoms with Crippen LogP contribution in [0.25, 0.3) is 0 Å². The molecule has 0 aliphatic rings. The first-order valence-electron chi connectivity index (χ1n) is 7.15. The van der Waals surface area contributed by atoms with Gasteiger partial charge in [-0.1, -0.05) is 6.07 Å². The summed E-state index contributed by atoms with van der Waals surface area (Å²) < 4.78 is 24.4. The molecule has 2 aromatic rings. The first-order chi connectivity index (χ1) is 10.9. The van der Waals surface area contributed by atoms with Gasteiger partial charge in [-0.25, -0.2) is 13.1 Å². The van der Waals surface area contributed by atoms with E-state index in [9.17, 15) is 13.2 Å². The molecular formula is C15H19N3O3S2. The molecule has 1 amide bonds. The van der Waals surface area contributed by atoms with Crippen LogP contribution in [0.2, 0.25) is 0 Å². The van der Waals surface area contributed by atoms with Crippen LogP contribution in [0.3, 0.4) is 0 Å². The Labute approximate surface area is 140 Å². The molecule has 0 saturated carbocycles. The molecule has 0 spiro atoms. The molecule has 8 heteroatoms. The molecule has 0 aliphatic heterocycles. The SMILES string of the molecule is CS(=O)(=O)NCCc1ccc(C(=O)NCCc2ccccn2)s1. The molecule has 0 saturated heterocycles. The van der Waals surface area contributed by atoms with Gasteiger partial charge in [-0.15, -0.1) is 11.3 Å². The van der Waals surface area contributed by atoms with Gasteiger partial charge in [0.05, 0.1) is 11.1 Å². The van der Waals surface area contributed by atoms with E-state index in [1.54, 1.807) is 12.3 Å². The summed E-state index contributed by atoms with van der Waals surface area (Å²) in [5.41, 5.74) is 0.937. The van der Waals surface area contributed by atoms with Gasteiger partial charge in [0.25, 0.3) is 5.91 Å². The lowest BCUT2D eigenvalue weighted by Gasteiger charge is -2.03. The molecule has 124 valence electrons. The van der Waals surface area contributed by atoms with Crippen LogP contribution in [0.1, 0.15) is 20.2 Å². The molecule has 6 nitrogen and oxygen atoms in total. The van der Waals surface area contributed by atoms with E-state index >= 15 is 0 Å². The monoisotopic (exact) mass is 353 g/mol. The fourth-order valence-corrected chi connectivity index (χ4v) is 3.33. The Morgan fingerprint density at radius 3 is 2.70 bits per heavy atom. The molecule has 0 atom stereocenters. The smallest absolute Gasteiger partial charge is 0.261 e. The zero-order chi connectivity index (χ0) is 16.7. The molecule has 2 N–H and O–H groups in total. The Bertz CT molecular complexity index is 742. The third-order valence-corrected chi connectivity index (χ3v) is 4.89. The number of hydrogen-bond acceptors (Lipinski definition) is 5. The van der Waals surface area contributed by atoms with Gasteiger partial charge in [-0.2, -0.15) is 0 Å². The van der Waals surface area contributed by atoms with Crippen molar-refractivity contribution >= 4 is 27.3 Å². The molecule has 0 aliphatic carbocycles. The van der Waals surface area contributed by atoms with E-state index in [1.165, 1.54) is 11.3 Å². The van der Waals surface area contributed by atoms with Crippen molar-refractivity contribution in [3.63, 3.8) is 0 Å². The van der Waals surface area contributed by atoms with Crippen LogP contribution < -0.4 is 10.0 Å². The van der Waals surface area contributed by atoms with Gasteiger partial charge in [-0.05, 0) is 30.7 Å². The zero-order valence-electron chi connectivity index (χ0n) is 12.8. The normalized spacial score (nSPS) is 11.3. The van der Waals surface area contributed by atoms with Gasteiger partial charge in [0.15, 0.2) is 0 Å². The minimum atomic E-state index is -3.17. The van der Waals surface area contributed by atoms with Crippen LogP contribution in [-0.4, -0.2) is 38.7 Å². The first kappa shape index (κ1) is 17.6. The Balaban J connectivity index is 1.77. The number of sulfonamides is 1. The van der Waals surface area contributed by atoms with E-state index in [0.717, 1.165) is 16.8 Å². The lowest BCUT2D eigenvalue weighted by atomic mass is 10.2. The lowest BCUT2D eigenvalue weighted by molar-refractivity contribution is 0.0958. The lowest BCUT2D eigenvalue weighted by Crippen LogP contribution is -2.25. The third kappa shape index (κ3) is 6.47. The van der Waals surface area contributed by atoms with Gasteiger partial charge < -0.3 is 5.32 Å². The van der Waals surface area contributed by atoms with Crippen molar-refractivity contribution in [2.24, 2.45) is 0 Å². The maximum atomic E-state index is 12.0. The number of rotatable bonds is 8. The molecule has 2 heterocycles. The van der Waals surface area contributed by atoms with E-state index in [1.807, 2.05) is 24.3 Å². The molecule has 0 bridgehead atoms. The van der Waals surface area contributed by atoms with Crippen LogP contribution >= 0.6 is 11.3 Å². The van der Waals surface area contributed by atoms with E-state index in [-0.39, 0.29) is 5.91 Å². The van der Waals surface area contributed by atoms with Crippen LogP contribution in [0.4, 0.5) is 0 Å². The average Bonchev–Trinajstić information content (AvgIpc) is 2.96. The van der Waals surface area contributed by atoms with Gasteiger partial charge in [0.1, 0.15) is 0 Å². The van der Waals surface area contributed by atoms with Gasteiger partial charge in [0.2, 0.25) is 10.0 Å². The summed E-state index contributed by atoms with van der Waals surface area (Å²) >= 11 is 1.38. The number of nitrogens with zero attached hydrogens (tertiary/aromatic N) is 1. The molecule has 0 aromatic carbocycles. The van der Waals surface area contributed by atoms with Crippen LogP contribution in [-0.2, 0) is 22.9 Å². The van der Waals surface area contributed by atoms with E-state index in [2.05, 4.69) is 15.0 Å². The van der Waals surface area contributed by atoms with E-state index < -0.39 is 10.0 Å². The molecule has 23 heavy (non-hydrogen) atoms. The summed E-state index contributed by atoms with van der Waals surface area (Å²) in [5.74, 6) is -0.117. The minimum absolute atomic E-state index is 0.117. The Morgan fingerprint density at radius 2 is 2.00 bits per heavy atom. The van der Waals surface area contributed by atoms with Gasteiger partial charge in [0, 0.05) is 36.3 Å². The van der Waals surface area contributed by atoms with Crippen molar-refractivity contribution < 1.29 is 13.2 Å². The Kier molecular flexibility index (Phi) is 6.26. The summed E-state index contributed by atoms with van der Waals surface area (Å²) in [7, 11) is -3.17. The van der Waals surface area contributed by atoms with Crippen molar-refractivity contribution in [3.8, 4) is 0 Å².